The van der Waals surface area contributed by atoms with E-state index in [1.165, 1.54) is 0 Å². The number of benzene rings is 1. The number of carbonyl (C=O) groups excluding carboxylic acids is 1. The second-order valence-corrected chi connectivity index (χ2v) is 5.85. The summed E-state index contributed by atoms with van der Waals surface area (Å²) in [5.74, 6) is 0.637. The van der Waals surface area contributed by atoms with Gasteiger partial charge in [0.05, 0.1) is 5.69 Å². The molecule has 0 bridgehead atoms. The fourth-order valence-corrected chi connectivity index (χ4v) is 2.53. The molecule has 0 saturated carbocycles. The molecular weight excluding hydrogens is 316 g/mol. The van der Waals surface area contributed by atoms with Crippen LogP contribution in [0.2, 0.25) is 0 Å². The molecule has 1 aromatic carbocycles. The number of imidazole rings is 1. The van der Waals surface area contributed by atoms with Gasteiger partial charge in [0.2, 0.25) is 0 Å². The predicted molar refractivity (Wildman–Crippen MR) is 96.9 cm³/mol. The minimum atomic E-state index is -0.0200. The minimum Gasteiger partial charge on any atom is -0.487 e. The molecule has 0 spiro atoms. The third-order valence-electron chi connectivity index (χ3n) is 3.93. The Morgan fingerprint density at radius 2 is 2.16 bits per heavy atom. The fraction of sp³-hybridized carbons (Fsp3) is 0.263. The van der Waals surface area contributed by atoms with Gasteiger partial charge in [-0.15, -0.1) is 0 Å². The molecule has 2 heterocycles. The monoisotopic (exact) mass is 338 g/mol. The summed E-state index contributed by atoms with van der Waals surface area (Å²) in [4.78, 5) is 18.6. The quantitative estimate of drug-likeness (QED) is 0.717. The van der Waals surface area contributed by atoms with Gasteiger partial charge in [-0.25, -0.2) is 4.98 Å². The summed E-state index contributed by atoms with van der Waals surface area (Å²) in [5, 5.41) is 3.04. The highest BCUT2D eigenvalue weighted by molar-refractivity contribution is 5.94. The molecule has 0 aliphatic carbocycles. The van der Waals surface area contributed by atoms with E-state index in [-0.39, 0.29) is 5.91 Å². The molecule has 0 atom stereocenters. The zero-order valence-corrected chi connectivity index (χ0v) is 14.5. The van der Waals surface area contributed by atoms with Crippen LogP contribution in [0.1, 0.15) is 16.1 Å². The predicted octanol–water partition coefficient (Wildman–Crippen LogP) is 2.20. The highest BCUT2D eigenvalue weighted by Crippen LogP contribution is 2.16. The van der Waals surface area contributed by atoms with Crippen molar-refractivity contribution in [3.8, 4) is 5.75 Å². The van der Waals surface area contributed by atoms with Crippen molar-refractivity contribution in [1.29, 1.82) is 0 Å². The van der Waals surface area contributed by atoms with E-state index in [0.717, 1.165) is 17.9 Å². The van der Waals surface area contributed by atoms with E-state index in [9.17, 15) is 4.79 Å². The van der Waals surface area contributed by atoms with Crippen molar-refractivity contribution < 1.29 is 9.53 Å². The lowest BCUT2D eigenvalue weighted by molar-refractivity contribution is 0.0796. The first-order valence-electron chi connectivity index (χ1n) is 8.23. The van der Waals surface area contributed by atoms with Gasteiger partial charge < -0.3 is 19.4 Å². The molecule has 3 aromatic rings. The smallest absolute Gasteiger partial charge is 0.253 e. The maximum atomic E-state index is 12.4. The number of nitrogens with zero attached hydrogens (tertiary/aromatic N) is 3. The lowest BCUT2D eigenvalue weighted by Gasteiger charge is -2.17. The second kappa shape index (κ2) is 7.81. The Hall–Kier alpha value is -2.86. The first-order chi connectivity index (χ1) is 12.2. The van der Waals surface area contributed by atoms with Crippen LogP contribution in [0.3, 0.4) is 0 Å². The molecule has 2 aromatic heterocycles. The van der Waals surface area contributed by atoms with Gasteiger partial charge in [0, 0.05) is 38.1 Å². The van der Waals surface area contributed by atoms with Gasteiger partial charge in [-0.1, -0.05) is 12.1 Å². The number of carbonyl (C=O) groups is 1. The van der Waals surface area contributed by atoms with Gasteiger partial charge in [-0.05, 0) is 37.4 Å². The number of pyridine rings is 1. The van der Waals surface area contributed by atoms with E-state index in [2.05, 4.69) is 10.3 Å². The molecule has 6 heteroatoms. The molecule has 0 aliphatic rings. The fourth-order valence-electron chi connectivity index (χ4n) is 2.53. The summed E-state index contributed by atoms with van der Waals surface area (Å²) >= 11 is 0. The summed E-state index contributed by atoms with van der Waals surface area (Å²) in [5.41, 5.74) is 2.34. The maximum Gasteiger partial charge on any atom is 0.253 e. The summed E-state index contributed by atoms with van der Waals surface area (Å²) in [6, 6.07) is 13.1. The van der Waals surface area contributed by atoms with Crippen molar-refractivity contribution in [3.63, 3.8) is 0 Å². The molecule has 0 radical (unpaired) electrons. The number of ether oxygens (including phenoxy) is 1. The Balaban J connectivity index is 1.66. The van der Waals surface area contributed by atoms with Crippen LogP contribution < -0.4 is 10.1 Å². The summed E-state index contributed by atoms with van der Waals surface area (Å²) < 4.78 is 7.77. The Bertz CT molecular complexity index is 826. The zero-order valence-electron chi connectivity index (χ0n) is 14.5. The van der Waals surface area contributed by atoms with Crippen molar-refractivity contribution in [3.05, 3.63) is 66.1 Å². The molecular formula is C19H22N4O2. The molecule has 0 unspecified atom stereocenters. The molecule has 0 saturated heterocycles. The number of nitrogens with one attached hydrogen (secondary N) is 1. The van der Waals surface area contributed by atoms with E-state index in [1.54, 1.807) is 24.1 Å². The van der Waals surface area contributed by atoms with E-state index >= 15 is 0 Å². The lowest BCUT2D eigenvalue weighted by atomic mass is 10.2. The van der Waals surface area contributed by atoms with E-state index < -0.39 is 0 Å². The number of fused-ring (bicyclic) bond motifs is 1. The van der Waals surface area contributed by atoms with Crippen LogP contribution in [-0.2, 0) is 6.61 Å². The van der Waals surface area contributed by atoms with Crippen molar-refractivity contribution in [1.82, 2.24) is 19.6 Å². The Labute approximate surface area is 147 Å². The molecule has 6 nitrogen and oxygen atoms in total. The first kappa shape index (κ1) is 17.0. The molecule has 3 rings (SSSR count). The molecule has 0 fully saturated rings. The highest BCUT2D eigenvalue weighted by Gasteiger charge is 2.12. The summed E-state index contributed by atoms with van der Waals surface area (Å²) in [6.07, 6.45) is 3.89. The van der Waals surface area contributed by atoms with Gasteiger partial charge >= 0.3 is 0 Å². The van der Waals surface area contributed by atoms with Crippen LogP contribution in [0.5, 0.6) is 5.75 Å². The van der Waals surface area contributed by atoms with Crippen LogP contribution in [0.25, 0.3) is 5.65 Å². The van der Waals surface area contributed by atoms with E-state index in [1.807, 2.05) is 54.2 Å². The number of hydrogen-bond acceptors (Lipinski definition) is 4. The maximum absolute atomic E-state index is 12.4. The van der Waals surface area contributed by atoms with Gasteiger partial charge in [-0.3, -0.25) is 4.79 Å². The van der Waals surface area contributed by atoms with Crippen LogP contribution in [-0.4, -0.2) is 47.4 Å². The Morgan fingerprint density at radius 1 is 1.28 bits per heavy atom. The van der Waals surface area contributed by atoms with Gasteiger partial charge in [0.25, 0.3) is 5.91 Å². The molecule has 1 amide bonds. The van der Waals surface area contributed by atoms with Gasteiger partial charge in [-0.2, -0.15) is 0 Å². The molecule has 25 heavy (non-hydrogen) atoms. The van der Waals surface area contributed by atoms with Crippen LogP contribution in [0.15, 0.2) is 54.9 Å². The van der Waals surface area contributed by atoms with Crippen molar-refractivity contribution in [2.75, 3.05) is 27.2 Å². The highest BCUT2D eigenvalue weighted by atomic mass is 16.5. The SMILES string of the molecule is CNCCN(C)C(=O)c1cccc(OCc2cn3ccccc3n2)c1. The van der Waals surface area contributed by atoms with Crippen LogP contribution in [0.4, 0.5) is 0 Å². The number of likely N-dealkylation sites (N-methyl/N-ethyl adjacent to an activating group) is 2. The van der Waals surface area contributed by atoms with Crippen molar-refractivity contribution in [2.24, 2.45) is 0 Å². The number of amides is 1. The normalized spacial score (nSPS) is 10.8. The summed E-state index contributed by atoms with van der Waals surface area (Å²) in [7, 11) is 3.66. The summed E-state index contributed by atoms with van der Waals surface area (Å²) in [6.45, 7) is 1.77. The number of hydrogen-bond donors (Lipinski definition) is 1. The largest absolute Gasteiger partial charge is 0.487 e. The topological polar surface area (TPSA) is 58.9 Å². The number of rotatable bonds is 7. The van der Waals surface area contributed by atoms with Crippen LogP contribution in [0, 0.1) is 0 Å². The lowest BCUT2D eigenvalue weighted by Crippen LogP contribution is -2.32. The molecule has 0 aliphatic heterocycles. The molecule has 1 N–H and O–H groups in total. The van der Waals surface area contributed by atoms with Crippen molar-refractivity contribution >= 4 is 11.6 Å². The average Bonchev–Trinajstić information content (AvgIpc) is 3.07. The molecule has 130 valence electrons. The zero-order chi connectivity index (χ0) is 17.6. The van der Waals surface area contributed by atoms with Crippen molar-refractivity contribution in [2.45, 2.75) is 6.61 Å². The van der Waals surface area contributed by atoms with E-state index in [4.69, 9.17) is 4.74 Å². The second-order valence-electron chi connectivity index (χ2n) is 5.85. The Kier molecular flexibility index (Phi) is 5.30. The third kappa shape index (κ3) is 4.16. The minimum absolute atomic E-state index is 0.0200. The Morgan fingerprint density at radius 3 is 2.96 bits per heavy atom. The number of aromatic nitrogens is 2. The first-order valence-corrected chi connectivity index (χ1v) is 8.23. The third-order valence-corrected chi connectivity index (χ3v) is 3.93. The average molecular weight is 338 g/mol. The van der Waals surface area contributed by atoms with Gasteiger partial charge in [0.15, 0.2) is 0 Å². The van der Waals surface area contributed by atoms with E-state index in [0.29, 0.717) is 24.5 Å². The van der Waals surface area contributed by atoms with Gasteiger partial charge in [0.1, 0.15) is 18.0 Å². The standard InChI is InChI=1S/C19H22N4O2/c1-20-9-11-22(2)19(24)15-6-5-7-17(12-15)25-14-16-13-23-10-4-3-8-18(23)21-16/h3-8,10,12-13,20H,9,11,14H2,1-2H3. The van der Waals surface area contributed by atoms with Crippen LogP contribution >= 0.6 is 0 Å².